The molecule has 7 aromatic rings. The van der Waals surface area contributed by atoms with Gasteiger partial charge in [0.05, 0.1) is 11.8 Å². The molecule has 7 rings (SSSR count). The molecular formula is C34H29FN8O2S. The number of nitrogens with one attached hydrogen (secondary N) is 4. The number of fused-ring (bicyclic) bond motifs is 2. The van der Waals surface area contributed by atoms with E-state index in [9.17, 15) is 12.8 Å². The lowest BCUT2D eigenvalue weighted by Gasteiger charge is -2.08. The smallest absolute Gasteiger partial charge is 0.209 e. The van der Waals surface area contributed by atoms with Gasteiger partial charge in [-0.05, 0) is 70.3 Å². The summed E-state index contributed by atoms with van der Waals surface area (Å²) in [6, 6.07) is 24.6. The van der Waals surface area contributed by atoms with Crippen LogP contribution in [0.1, 0.15) is 16.7 Å². The quantitative estimate of drug-likeness (QED) is 0.151. The summed E-state index contributed by atoms with van der Waals surface area (Å²) >= 11 is 0. The molecule has 0 aliphatic carbocycles. The monoisotopic (exact) mass is 632 g/mol. The summed E-state index contributed by atoms with van der Waals surface area (Å²) in [5, 5.41) is 12.0. The molecule has 0 radical (unpaired) electrons. The standard InChI is InChI=1S/C34H29FN8O2S/c1-46(44,45)39-19-22-11-25(14-27(35)13-22)28-9-10-38-33-31(28)40-34(41-33)32-29-15-24(7-8-30(29)42-43-32)26-12-23(18-37-20-26)17-36-16-21-5-3-2-4-6-21/h2-15,18,20,36,39H,16-17,19H2,1H3,(H,42,43)(H,38,40,41). The van der Waals surface area contributed by atoms with Crippen molar-refractivity contribution in [1.82, 2.24) is 40.2 Å². The molecule has 12 heteroatoms. The van der Waals surface area contributed by atoms with Gasteiger partial charge in [0.25, 0.3) is 0 Å². The number of nitrogens with zero attached hydrogens (tertiary/aromatic N) is 4. The first kappa shape index (κ1) is 29.4. The summed E-state index contributed by atoms with van der Waals surface area (Å²) in [4.78, 5) is 17.1. The lowest BCUT2D eigenvalue weighted by Crippen LogP contribution is -2.21. The minimum absolute atomic E-state index is 0.0339. The molecule has 0 aliphatic rings. The number of aromatic amines is 2. The third-order valence-corrected chi connectivity index (χ3v) is 8.28. The van der Waals surface area contributed by atoms with E-state index in [2.05, 4.69) is 59.5 Å². The molecule has 10 nitrogen and oxygen atoms in total. The second-order valence-corrected chi connectivity index (χ2v) is 12.9. The number of hydrogen-bond acceptors (Lipinski definition) is 7. The van der Waals surface area contributed by atoms with Crippen LogP contribution in [-0.4, -0.2) is 44.8 Å². The molecule has 0 fully saturated rings. The van der Waals surface area contributed by atoms with Crippen molar-refractivity contribution >= 4 is 32.1 Å². The highest BCUT2D eigenvalue weighted by molar-refractivity contribution is 7.88. The van der Waals surface area contributed by atoms with Crippen LogP contribution >= 0.6 is 0 Å². The van der Waals surface area contributed by atoms with Crippen LogP contribution in [0.3, 0.4) is 0 Å². The van der Waals surface area contributed by atoms with Gasteiger partial charge in [0.2, 0.25) is 10.0 Å². The Bertz CT molecular complexity index is 2300. The van der Waals surface area contributed by atoms with Gasteiger partial charge in [-0.1, -0.05) is 36.4 Å². The van der Waals surface area contributed by atoms with Gasteiger partial charge in [0, 0.05) is 54.7 Å². The molecule has 0 spiro atoms. The van der Waals surface area contributed by atoms with Crippen molar-refractivity contribution in [2.45, 2.75) is 19.6 Å². The summed E-state index contributed by atoms with van der Waals surface area (Å²) < 4.78 is 40.2. The second kappa shape index (κ2) is 12.2. The number of H-pyrrole nitrogens is 2. The molecule has 0 atom stereocenters. The number of rotatable bonds is 10. The van der Waals surface area contributed by atoms with Crippen molar-refractivity contribution in [2.75, 3.05) is 6.26 Å². The van der Waals surface area contributed by atoms with E-state index in [0.717, 1.165) is 40.4 Å². The van der Waals surface area contributed by atoms with Gasteiger partial charge in [0.1, 0.15) is 17.0 Å². The van der Waals surface area contributed by atoms with Crippen LogP contribution in [0.5, 0.6) is 0 Å². The average Bonchev–Trinajstić information content (AvgIpc) is 3.68. The van der Waals surface area contributed by atoms with Crippen molar-refractivity contribution in [3.8, 4) is 33.8 Å². The van der Waals surface area contributed by atoms with Gasteiger partial charge < -0.3 is 10.3 Å². The Kier molecular flexibility index (Phi) is 7.83. The molecule has 0 bridgehead atoms. The van der Waals surface area contributed by atoms with Crippen LogP contribution in [0.25, 0.3) is 55.8 Å². The fourth-order valence-corrected chi connectivity index (χ4v) is 5.87. The van der Waals surface area contributed by atoms with Crippen molar-refractivity contribution in [3.63, 3.8) is 0 Å². The van der Waals surface area contributed by atoms with E-state index in [4.69, 9.17) is 4.98 Å². The minimum atomic E-state index is -3.44. The predicted molar refractivity (Wildman–Crippen MR) is 176 cm³/mol. The van der Waals surface area contributed by atoms with E-state index in [0.29, 0.717) is 45.9 Å². The third kappa shape index (κ3) is 6.40. The van der Waals surface area contributed by atoms with Gasteiger partial charge >= 0.3 is 0 Å². The summed E-state index contributed by atoms with van der Waals surface area (Å²) in [5.74, 6) is 0.0191. The van der Waals surface area contributed by atoms with Gasteiger partial charge in [-0.3, -0.25) is 10.1 Å². The number of sulfonamides is 1. The second-order valence-electron chi connectivity index (χ2n) is 11.1. The summed E-state index contributed by atoms with van der Waals surface area (Å²) in [7, 11) is -3.44. The highest BCUT2D eigenvalue weighted by Gasteiger charge is 2.17. The molecule has 4 aromatic heterocycles. The molecule has 0 saturated heterocycles. The van der Waals surface area contributed by atoms with Crippen molar-refractivity contribution in [1.29, 1.82) is 0 Å². The maximum atomic E-state index is 14.6. The zero-order valence-electron chi connectivity index (χ0n) is 24.8. The third-order valence-electron chi connectivity index (χ3n) is 7.61. The Morgan fingerprint density at radius 1 is 0.826 bits per heavy atom. The number of halogens is 1. The lowest BCUT2D eigenvalue weighted by molar-refractivity contribution is 0.586. The van der Waals surface area contributed by atoms with Gasteiger partial charge in [-0.15, -0.1) is 0 Å². The first-order valence-corrected chi connectivity index (χ1v) is 16.4. The minimum Gasteiger partial charge on any atom is -0.321 e. The molecule has 0 unspecified atom stereocenters. The van der Waals surface area contributed by atoms with Gasteiger partial charge in [0.15, 0.2) is 11.5 Å². The zero-order chi connectivity index (χ0) is 31.7. The van der Waals surface area contributed by atoms with E-state index in [1.54, 1.807) is 18.3 Å². The van der Waals surface area contributed by atoms with E-state index < -0.39 is 15.8 Å². The van der Waals surface area contributed by atoms with Gasteiger partial charge in [-0.2, -0.15) is 5.10 Å². The molecule has 3 aromatic carbocycles. The molecule has 0 saturated carbocycles. The first-order valence-electron chi connectivity index (χ1n) is 14.6. The summed E-state index contributed by atoms with van der Waals surface area (Å²) in [6.45, 7) is 1.42. The number of aromatic nitrogens is 6. The topological polar surface area (TPSA) is 141 Å². The van der Waals surface area contributed by atoms with E-state index in [1.165, 1.54) is 17.7 Å². The van der Waals surface area contributed by atoms with Crippen LogP contribution in [-0.2, 0) is 29.7 Å². The Hall–Kier alpha value is -5.30. The van der Waals surface area contributed by atoms with Gasteiger partial charge in [-0.25, -0.2) is 27.5 Å². The lowest BCUT2D eigenvalue weighted by atomic mass is 10.0. The Labute approximate surface area is 264 Å². The number of benzene rings is 3. The predicted octanol–water partition coefficient (Wildman–Crippen LogP) is 5.71. The Balaban J connectivity index is 1.19. The fraction of sp³-hybridized carbons (Fsp3) is 0.118. The zero-order valence-corrected chi connectivity index (χ0v) is 25.6. The maximum absolute atomic E-state index is 14.6. The summed E-state index contributed by atoms with van der Waals surface area (Å²) in [6.07, 6.45) is 6.39. The Morgan fingerprint density at radius 2 is 1.65 bits per heavy atom. The molecule has 0 amide bonds. The number of pyridine rings is 2. The highest BCUT2D eigenvalue weighted by Crippen LogP contribution is 2.33. The fourth-order valence-electron chi connectivity index (χ4n) is 5.44. The summed E-state index contributed by atoms with van der Waals surface area (Å²) in [5.41, 5.74) is 8.46. The molecular weight excluding hydrogens is 603 g/mol. The van der Waals surface area contributed by atoms with E-state index in [1.807, 2.05) is 42.7 Å². The normalized spacial score (nSPS) is 11.9. The molecule has 4 N–H and O–H groups in total. The first-order chi connectivity index (χ1) is 22.3. The van der Waals surface area contributed by atoms with Crippen molar-refractivity contribution < 1.29 is 12.8 Å². The maximum Gasteiger partial charge on any atom is 0.209 e. The van der Waals surface area contributed by atoms with Crippen LogP contribution in [0.15, 0.2) is 97.5 Å². The molecule has 46 heavy (non-hydrogen) atoms. The largest absolute Gasteiger partial charge is 0.321 e. The number of imidazole rings is 1. The highest BCUT2D eigenvalue weighted by atomic mass is 32.2. The van der Waals surface area contributed by atoms with Crippen LogP contribution < -0.4 is 10.0 Å². The average molecular weight is 633 g/mol. The van der Waals surface area contributed by atoms with Crippen LogP contribution in [0, 0.1) is 5.82 Å². The van der Waals surface area contributed by atoms with E-state index in [-0.39, 0.29) is 6.54 Å². The SMILES string of the molecule is CS(=O)(=O)NCc1cc(F)cc(-c2ccnc3[nH]c(-c4n[nH]c5ccc(-c6cncc(CNCc7ccccc7)c6)cc45)nc23)c1. The number of hydrogen-bond donors (Lipinski definition) is 4. The van der Waals surface area contributed by atoms with Crippen LogP contribution in [0.2, 0.25) is 0 Å². The van der Waals surface area contributed by atoms with Crippen molar-refractivity contribution in [3.05, 3.63) is 120 Å². The molecule has 230 valence electrons. The van der Waals surface area contributed by atoms with Crippen LogP contribution in [0.4, 0.5) is 4.39 Å². The van der Waals surface area contributed by atoms with E-state index >= 15 is 0 Å². The van der Waals surface area contributed by atoms with Crippen molar-refractivity contribution in [2.24, 2.45) is 0 Å². The molecule has 4 heterocycles. The Morgan fingerprint density at radius 3 is 2.50 bits per heavy atom. The molecule has 0 aliphatic heterocycles.